The van der Waals surface area contributed by atoms with Crippen molar-refractivity contribution in [2.45, 2.75) is 20.8 Å². The Balaban J connectivity index is 1.84. The Kier molecular flexibility index (Phi) is 6.39. The molecule has 0 aliphatic rings. The van der Waals surface area contributed by atoms with Gasteiger partial charge in [-0.05, 0) is 30.3 Å². The quantitative estimate of drug-likeness (QED) is 0.416. The van der Waals surface area contributed by atoms with Crippen molar-refractivity contribution >= 4 is 17.3 Å². The summed E-state index contributed by atoms with van der Waals surface area (Å²) in [6.45, 7) is 6.18. The van der Waals surface area contributed by atoms with Crippen LogP contribution in [0.1, 0.15) is 20.8 Å². The van der Waals surface area contributed by atoms with E-state index in [1.165, 1.54) is 12.1 Å². The molecule has 0 saturated heterocycles. The Morgan fingerprint density at radius 3 is 2.19 bits per heavy atom. The lowest BCUT2D eigenvalue weighted by atomic mass is 9.95. The summed E-state index contributed by atoms with van der Waals surface area (Å²) in [6, 6.07) is 13.2. The number of nitro groups is 1. The van der Waals surface area contributed by atoms with Gasteiger partial charge in [-0.2, -0.15) is 0 Å². The van der Waals surface area contributed by atoms with Gasteiger partial charge in [-0.15, -0.1) is 0 Å². The molecule has 2 aromatic rings. The van der Waals surface area contributed by atoms with Crippen LogP contribution in [0.15, 0.2) is 48.5 Å². The van der Waals surface area contributed by atoms with Crippen LogP contribution in [0.2, 0.25) is 0 Å². The number of hydrogen-bond donors (Lipinski definition) is 0. The summed E-state index contributed by atoms with van der Waals surface area (Å²) in [5.41, 5.74) is 0.321. The first kappa shape index (κ1) is 20.2. The number of hydrogen-bond acceptors (Lipinski definition) is 5. The van der Waals surface area contributed by atoms with Crippen LogP contribution in [0.25, 0.3) is 0 Å². The van der Waals surface area contributed by atoms with Crippen LogP contribution in [0, 0.1) is 15.5 Å². The zero-order chi connectivity index (χ0) is 20.0. The molecule has 0 atom stereocenters. The van der Waals surface area contributed by atoms with Crippen LogP contribution in [-0.4, -0.2) is 31.1 Å². The minimum Gasteiger partial charge on any atom is -0.490 e. The molecule has 2 rings (SSSR count). The summed E-state index contributed by atoms with van der Waals surface area (Å²) in [7, 11) is 1.75. The molecular weight excluding hydrogens is 348 g/mol. The van der Waals surface area contributed by atoms with Crippen LogP contribution in [0.5, 0.6) is 11.5 Å². The molecule has 2 aromatic carbocycles. The van der Waals surface area contributed by atoms with Crippen molar-refractivity contribution in [3.8, 4) is 11.5 Å². The van der Waals surface area contributed by atoms with Crippen molar-refractivity contribution in [2.24, 2.45) is 5.41 Å². The van der Waals surface area contributed by atoms with E-state index in [0.717, 1.165) is 5.69 Å². The van der Waals surface area contributed by atoms with Crippen LogP contribution >= 0.6 is 0 Å². The molecule has 0 aliphatic heterocycles. The van der Waals surface area contributed by atoms with E-state index in [0.29, 0.717) is 18.1 Å². The van der Waals surface area contributed by atoms with Crippen molar-refractivity contribution in [2.75, 3.05) is 25.2 Å². The van der Waals surface area contributed by atoms with E-state index < -0.39 is 10.3 Å². The second kappa shape index (κ2) is 8.53. The van der Waals surface area contributed by atoms with Gasteiger partial charge in [0.05, 0.1) is 11.0 Å². The van der Waals surface area contributed by atoms with Gasteiger partial charge in [-0.25, -0.2) is 0 Å². The highest BCUT2D eigenvalue weighted by Gasteiger charge is 2.25. The average Bonchev–Trinajstić information content (AvgIpc) is 2.64. The molecule has 0 saturated carbocycles. The first-order valence-electron chi connectivity index (χ1n) is 8.57. The molecule has 0 N–H and O–H groups in total. The molecule has 0 spiro atoms. The fourth-order valence-electron chi connectivity index (χ4n) is 2.39. The number of nitrogens with zero attached hydrogens (tertiary/aromatic N) is 2. The molecular formula is C20H24N2O5. The SMILES string of the molecule is CN(C(=O)C(C)(C)C)c1ccc(OCCOc2cccc([N+](=O)[O-])c2)cc1. The smallest absolute Gasteiger partial charge is 0.273 e. The van der Waals surface area contributed by atoms with E-state index in [2.05, 4.69) is 0 Å². The Morgan fingerprint density at radius 2 is 1.63 bits per heavy atom. The van der Waals surface area contributed by atoms with Gasteiger partial charge in [-0.3, -0.25) is 14.9 Å². The topological polar surface area (TPSA) is 81.9 Å². The third-order valence-electron chi connectivity index (χ3n) is 3.82. The number of non-ortho nitro benzene ring substituents is 1. The average molecular weight is 372 g/mol. The molecule has 0 bridgehead atoms. The summed E-state index contributed by atoms with van der Waals surface area (Å²) >= 11 is 0. The second-order valence-electron chi connectivity index (χ2n) is 7.06. The van der Waals surface area contributed by atoms with Crippen LogP contribution in [0.3, 0.4) is 0 Å². The van der Waals surface area contributed by atoms with Gasteiger partial charge in [0, 0.05) is 24.2 Å². The zero-order valence-electron chi connectivity index (χ0n) is 16.0. The third-order valence-corrected chi connectivity index (χ3v) is 3.82. The molecule has 0 aromatic heterocycles. The molecule has 7 heteroatoms. The molecule has 7 nitrogen and oxygen atoms in total. The summed E-state index contributed by atoms with van der Waals surface area (Å²) < 4.78 is 11.1. The van der Waals surface area contributed by atoms with Crippen LogP contribution in [-0.2, 0) is 4.79 Å². The van der Waals surface area contributed by atoms with Crippen molar-refractivity contribution < 1.29 is 19.2 Å². The standard InChI is InChI=1S/C20H24N2O5/c1-20(2,3)19(23)21(4)15-8-10-17(11-9-15)26-12-13-27-18-7-5-6-16(14-18)22(24)25/h5-11,14H,12-13H2,1-4H3. The van der Waals surface area contributed by atoms with E-state index in [4.69, 9.17) is 9.47 Å². The van der Waals surface area contributed by atoms with Gasteiger partial charge in [0.25, 0.3) is 5.69 Å². The number of nitro benzene ring substituents is 1. The first-order valence-corrected chi connectivity index (χ1v) is 8.57. The van der Waals surface area contributed by atoms with Gasteiger partial charge in [0.1, 0.15) is 24.7 Å². The highest BCUT2D eigenvalue weighted by molar-refractivity contribution is 5.96. The van der Waals surface area contributed by atoms with Crippen molar-refractivity contribution in [1.82, 2.24) is 0 Å². The number of carbonyl (C=O) groups is 1. The summed E-state index contributed by atoms with van der Waals surface area (Å²) in [5, 5.41) is 10.7. The fraction of sp³-hybridized carbons (Fsp3) is 0.350. The number of amides is 1. The van der Waals surface area contributed by atoms with E-state index in [-0.39, 0.29) is 18.2 Å². The van der Waals surface area contributed by atoms with E-state index in [1.54, 1.807) is 36.2 Å². The molecule has 144 valence electrons. The summed E-state index contributed by atoms with van der Waals surface area (Å²) in [5.74, 6) is 1.10. The number of anilines is 1. The molecule has 0 unspecified atom stereocenters. The third kappa shape index (κ3) is 5.70. The molecule has 0 heterocycles. The van der Waals surface area contributed by atoms with E-state index >= 15 is 0 Å². The van der Waals surface area contributed by atoms with Gasteiger partial charge < -0.3 is 14.4 Å². The maximum Gasteiger partial charge on any atom is 0.273 e. The monoisotopic (exact) mass is 372 g/mol. The molecule has 0 fully saturated rings. The van der Waals surface area contributed by atoms with Gasteiger partial charge in [0.2, 0.25) is 5.91 Å². The zero-order valence-corrected chi connectivity index (χ0v) is 16.0. The number of benzene rings is 2. The number of rotatable bonds is 7. The van der Waals surface area contributed by atoms with Gasteiger partial charge in [-0.1, -0.05) is 26.8 Å². The lowest BCUT2D eigenvalue weighted by molar-refractivity contribution is -0.384. The number of ether oxygens (including phenoxy) is 2. The van der Waals surface area contributed by atoms with Crippen molar-refractivity contribution in [3.05, 3.63) is 58.6 Å². The maximum absolute atomic E-state index is 12.3. The Morgan fingerprint density at radius 1 is 1.04 bits per heavy atom. The lowest BCUT2D eigenvalue weighted by Crippen LogP contribution is -2.36. The fourth-order valence-corrected chi connectivity index (χ4v) is 2.39. The minimum atomic E-state index is -0.466. The highest BCUT2D eigenvalue weighted by Crippen LogP contribution is 2.24. The maximum atomic E-state index is 12.3. The van der Waals surface area contributed by atoms with Gasteiger partial charge in [0.15, 0.2) is 0 Å². The van der Waals surface area contributed by atoms with Gasteiger partial charge >= 0.3 is 0 Å². The highest BCUT2D eigenvalue weighted by atomic mass is 16.6. The van der Waals surface area contributed by atoms with Crippen LogP contribution < -0.4 is 14.4 Å². The predicted octanol–water partition coefficient (Wildman–Crippen LogP) is 4.06. The van der Waals surface area contributed by atoms with E-state index in [1.807, 2.05) is 32.9 Å². The number of carbonyl (C=O) groups excluding carboxylic acids is 1. The normalized spacial score (nSPS) is 11.0. The first-order chi connectivity index (χ1) is 12.7. The lowest BCUT2D eigenvalue weighted by Gasteiger charge is -2.26. The summed E-state index contributed by atoms with van der Waals surface area (Å²) in [6.07, 6.45) is 0. The van der Waals surface area contributed by atoms with Crippen molar-refractivity contribution in [3.63, 3.8) is 0 Å². The van der Waals surface area contributed by atoms with Crippen molar-refractivity contribution in [1.29, 1.82) is 0 Å². The Hall–Kier alpha value is -3.09. The van der Waals surface area contributed by atoms with E-state index in [9.17, 15) is 14.9 Å². The largest absolute Gasteiger partial charge is 0.490 e. The molecule has 0 radical (unpaired) electrons. The minimum absolute atomic E-state index is 0.0158. The predicted molar refractivity (Wildman–Crippen MR) is 103 cm³/mol. The summed E-state index contributed by atoms with van der Waals surface area (Å²) in [4.78, 5) is 24.2. The second-order valence-corrected chi connectivity index (χ2v) is 7.06. The molecule has 27 heavy (non-hydrogen) atoms. The Labute approximate surface area is 158 Å². The Bertz CT molecular complexity index is 797. The molecule has 0 aliphatic carbocycles. The molecule has 1 amide bonds. The van der Waals surface area contributed by atoms with Crippen LogP contribution in [0.4, 0.5) is 11.4 Å².